The molecule has 2 aromatic rings. The van der Waals surface area contributed by atoms with E-state index in [0.717, 1.165) is 4.90 Å². The molecule has 0 radical (unpaired) electrons. The lowest BCUT2D eigenvalue weighted by Gasteiger charge is -2.08. The van der Waals surface area contributed by atoms with E-state index in [1.54, 1.807) is 30.3 Å². The first-order chi connectivity index (χ1) is 10.9. The van der Waals surface area contributed by atoms with Crippen molar-refractivity contribution in [2.75, 3.05) is 5.75 Å². The Bertz CT molecular complexity index is 796. The summed E-state index contributed by atoms with van der Waals surface area (Å²) >= 11 is 12.8. The number of sulfonamides is 1. The molecule has 23 heavy (non-hydrogen) atoms. The number of nitrogens with one attached hydrogen (secondary N) is 2. The van der Waals surface area contributed by atoms with Gasteiger partial charge in [-0.2, -0.15) is 0 Å². The molecular weight excluding hydrogens is 379 g/mol. The summed E-state index contributed by atoms with van der Waals surface area (Å²) in [6.07, 6.45) is 0. The molecule has 0 fully saturated rings. The maximum atomic E-state index is 12.0. The number of rotatable bonds is 6. The van der Waals surface area contributed by atoms with Crippen LogP contribution >= 0.6 is 35.0 Å². The van der Waals surface area contributed by atoms with Crippen molar-refractivity contribution in [1.82, 2.24) is 10.3 Å². The van der Waals surface area contributed by atoms with Crippen LogP contribution in [0.2, 0.25) is 10.0 Å². The number of benzene rings is 2. The summed E-state index contributed by atoms with van der Waals surface area (Å²) in [7, 11) is -3.86. The lowest BCUT2D eigenvalue weighted by Crippen LogP contribution is -2.42. The fourth-order valence-corrected chi connectivity index (χ4v) is 3.52. The number of halogens is 2. The van der Waals surface area contributed by atoms with Gasteiger partial charge in [0.05, 0.1) is 10.6 Å². The molecule has 0 heterocycles. The second kappa shape index (κ2) is 8.03. The lowest BCUT2D eigenvalue weighted by molar-refractivity contribution is -0.119. The van der Waals surface area contributed by atoms with E-state index >= 15 is 0 Å². The van der Waals surface area contributed by atoms with Crippen molar-refractivity contribution >= 4 is 50.9 Å². The molecule has 2 rings (SSSR count). The smallest absolute Gasteiger partial charge is 0.257 e. The second-order valence-corrected chi connectivity index (χ2v) is 7.96. The maximum absolute atomic E-state index is 12.0. The highest BCUT2D eigenvalue weighted by atomic mass is 35.5. The molecule has 0 unspecified atom stereocenters. The van der Waals surface area contributed by atoms with E-state index in [1.807, 2.05) is 4.83 Å². The summed E-state index contributed by atoms with van der Waals surface area (Å²) in [4.78, 5) is 14.6. The highest BCUT2D eigenvalue weighted by Crippen LogP contribution is 2.20. The fourth-order valence-electron chi connectivity index (χ4n) is 1.53. The molecule has 122 valence electrons. The molecule has 0 saturated heterocycles. The van der Waals surface area contributed by atoms with Gasteiger partial charge in [-0.1, -0.05) is 29.3 Å². The molecule has 1 amide bonds. The first kappa shape index (κ1) is 18.1. The highest BCUT2D eigenvalue weighted by molar-refractivity contribution is 8.00. The zero-order valence-corrected chi connectivity index (χ0v) is 14.8. The minimum Gasteiger partial charge on any atom is -0.277 e. The molecule has 0 spiro atoms. The normalized spacial score (nSPS) is 11.2. The predicted molar refractivity (Wildman–Crippen MR) is 92.1 cm³/mol. The van der Waals surface area contributed by atoms with Crippen molar-refractivity contribution in [2.45, 2.75) is 9.79 Å². The van der Waals surface area contributed by atoms with E-state index in [1.165, 1.54) is 30.0 Å². The maximum Gasteiger partial charge on any atom is 0.257 e. The number of amides is 1. The van der Waals surface area contributed by atoms with Gasteiger partial charge in [0.2, 0.25) is 5.91 Å². The Hall–Kier alpha value is -1.25. The van der Waals surface area contributed by atoms with Crippen LogP contribution < -0.4 is 10.3 Å². The summed E-state index contributed by atoms with van der Waals surface area (Å²) in [5.41, 5.74) is 2.16. The quantitative estimate of drug-likeness (QED) is 0.586. The molecule has 0 saturated carbocycles. The Morgan fingerprint density at radius 2 is 1.74 bits per heavy atom. The third-order valence-corrected chi connectivity index (χ3v) is 5.36. The number of carbonyl (C=O) groups is 1. The zero-order valence-electron chi connectivity index (χ0n) is 11.6. The van der Waals surface area contributed by atoms with Crippen LogP contribution in [0.25, 0.3) is 0 Å². The van der Waals surface area contributed by atoms with Crippen LogP contribution in [-0.2, 0) is 14.8 Å². The van der Waals surface area contributed by atoms with Gasteiger partial charge in [-0.15, -0.1) is 16.6 Å². The molecular formula is C14H12Cl2N2O3S2. The van der Waals surface area contributed by atoms with Crippen LogP contribution in [0.3, 0.4) is 0 Å². The Morgan fingerprint density at radius 1 is 1.04 bits per heavy atom. The topological polar surface area (TPSA) is 75.3 Å². The van der Waals surface area contributed by atoms with Crippen molar-refractivity contribution in [1.29, 1.82) is 0 Å². The summed E-state index contributed by atoms with van der Waals surface area (Å²) < 4.78 is 24.0. The molecule has 5 nitrogen and oxygen atoms in total. The third-order valence-electron chi connectivity index (χ3n) is 2.61. The average Bonchev–Trinajstić information content (AvgIpc) is 2.52. The minimum atomic E-state index is -3.86. The molecule has 0 aliphatic rings. The number of hydrogen-bond acceptors (Lipinski definition) is 4. The highest BCUT2D eigenvalue weighted by Gasteiger charge is 2.15. The summed E-state index contributed by atoms with van der Waals surface area (Å²) in [5.74, 6) is -0.421. The molecule has 0 aliphatic heterocycles. The lowest BCUT2D eigenvalue weighted by atomic mass is 10.4. The monoisotopic (exact) mass is 390 g/mol. The first-order valence-corrected chi connectivity index (χ1v) is 9.54. The SMILES string of the molecule is O=C(CSc1ccc(Cl)cc1)NNS(=O)(=O)c1cccc(Cl)c1. The molecule has 0 atom stereocenters. The Morgan fingerprint density at radius 3 is 2.39 bits per heavy atom. The van der Waals surface area contributed by atoms with E-state index in [4.69, 9.17) is 23.2 Å². The number of carbonyl (C=O) groups excluding carboxylic acids is 1. The molecule has 0 aliphatic carbocycles. The van der Waals surface area contributed by atoms with Crippen LogP contribution in [0.5, 0.6) is 0 Å². The van der Waals surface area contributed by atoms with Crippen molar-refractivity contribution in [3.8, 4) is 0 Å². The van der Waals surface area contributed by atoms with Gasteiger partial charge >= 0.3 is 0 Å². The summed E-state index contributed by atoms with van der Waals surface area (Å²) in [6, 6.07) is 12.7. The molecule has 2 aromatic carbocycles. The molecule has 9 heteroatoms. The fraction of sp³-hybridized carbons (Fsp3) is 0.0714. The van der Waals surface area contributed by atoms with Gasteiger partial charge in [0, 0.05) is 14.9 Å². The number of thioether (sulfide) groups is 1. The van der Waals surface area contributed by atoms with Gasteiger partial charge in [-0.25, -0.2) is 8.42 Å². The number of hydrogen-bond donors (Lipinski definition) is 2. The van der Waals surface area contributed by atoms with Crippen LogP contribution in [0.1, 0.15) is 0 Å². The van der Waals surface area contributed by atoms with E-state index in [-0.39, 0.29) is 15.7 Å². The predicted octanol–water partition coefficient (Wildman–Crippen LogP) is 3.10. The Kier molecular flexibility index (Phi) is 6.32. The van der Waals surface area contributed by atoms with Gasteiger partial charge in [-0.05, 0) is 42.5 Å². The standard InChI is InChI=1S/C14H12Cl2N2O3S2/c15-10-4-6-12(7-5-10)22-9-14(19)17-18-23(20,21)13-3-1-2-11(16)8-13/h1-8,18H,9H2,(H,17,19). The van der Waals surface area contributed by atoms with Crippen LogP contribution in [-0.4, -0.2) is 20.1 Å². The Labute approximate surface area is 148 Å². The minimum absolute atomic E-state index is 0.0318. The van der Waals surface area contributed by atoms with Gasteiger partial charge < -0.3 is 0 Å². The summed E-state index contributed by atoms with van der Waals surface area (Å²) in [6.45, 7) is 0. The van der Waals surface area contributed by atoms with E-state index < -0.39 is 15.9 Å². The molecule has 2 N–H and O–H groups in total. The van der Waals surface area contributed by atoms with Crippen molar-refractivity contribution < 1.29 is 13.2 Å². The third kappa shape index (κ3) is 5.71. The molecule has 0 bridgehead atoms. The van der Waals surface area contributed by atoms with Crippen LogP contribution in [0.4, 0.5) is 0 Å². The van der Waals surface area contributed by atoms with Gasteiger partial charge in [-0.3, -0.25) is 10.2 Å². The van der Waals surface area contributed by atoms with Crippen molar-refractivity contribution in [3.63, 3.8) is 0 Å². The zero-order chi connectivity index (χ0) is 16.9. The Balaban J connectivity index is 1.87. The van der Waals surface area contributed by atoms with Crippen molar-refractivity contribution in [2.24, 2.45) is 0 Å². The van der Waals surface area contributed by atoms with Gasteiger partial charge in [0.25, 0.3) is 10.0 Å². The van der Waals surface area contributed by atoms with E-state index in [2.05, 4.69) is 5.43 Å². The number of hydrazine groups is 1. The largest absolute Gasteiger partial charge is 0.277 e. The van der Waals surface area contributed by atoms with Crippen molar-refractivity contribution in [3.05, 3.63) is 58.6 Å². The van der Waals surface area contributed by atoms with Gasteiger partial charge in [0.15, 0.2) is 0 Å². The van der Waals surface area contributed by atoms with Crippen LogP contribution in [0, 0.1) is 0 Å². The van der Waals surface area contributed by atoms with E-state index in [9.17, 15) is 13.2 Å². The summed E-state index contributed by atoms with van der Waals surface area (Å²) in [5, 5.41) is 0.894. The molecule has 0 aromatic heterocycles. The second-order valence-electron chi connectivity index (χ2n) is 4.35. The van der Waals surface area contributed by atoms with E-state index in [0.29, 0.717) is 5.02 Å². The van der Waals surface area contributed by atoms with Crippen LogP contribution in [0.15, 0.2) is 58.3 Å². The van der Waals surface area contributed by atoms with Gasteiger partial charge in [0.1, 0.15) is 0 Å². The average molecular weight is 391 g/mol. The first-order valence-electron chi connectivity index (χ1n) is 6.31.